The molecule has 0 bridgehead atoms. The molecule has 0 aromatic rings. The Balaban J connectivity index is 3.79. The van der Waals surface area contributed by atoms with Crippen LogP contribution in [0.15, 0.2) is 5.11 Å². The van der Waals surface area contributed by atoms with Gasteiger partial charge in [0.1, 0.15) is 0 Å². The zero-order chi connectivity index (χ0) is 10.3. The van der Waals surface area contributed by atoms with E-state index in [1.54, 1.807) is 6.92 Å². The Kier molecular flexibility index (Phi) is 5.67. The second-order valence-electron chi connectivity index (χ2n) is 2.96. The highest BCUT2D eigenvalue weighted by atomic mass is 16.1. The number of nitrogens with zero attached hydrogens (tertiary/aromatic N) is 3. The molecule has 0 rings (SSSR count). The summed E-state index contributed by atoms with van der Waals surface area (Å²) in [5.41, 5.74) is 13.2. The van der Waals surface area contributed by atoms with E-state index < -0.39 is 0 Å². The molecule has 2 atom stereocenters. The maximum absolute atomic E-state index is 10.8. The summed E-state index contributed by atoms with van der Waals surface area (Å²) in [7, 11) is 0. The third-order valence-corrected chi connectivity index (χ3v) is 1.54. The van der Waals surface area contributed by atoms with Gasteiger partial charge in [0.25, 0.3) is 0 Å². The van der Waals surface area contributed by atoms with Crippen LogP contribution in [0.25, 0.3) is 10.4 Å². The summed E-state index contributed by atoms with van der Waals surface area (Å²) in [6.45, 7) is 3.63. The minimum atomic E-state index is -0.194. The average Bonchev–Trinajstić information content (AvgIpc) is 2.04. The van der Waals surface area contributed by atoms with Gasteiger partial charge in [-0.25, -0.2) is 0 Å². The van der Waals surface area contributed by atoms with Crippen molar-refractivity contribution in [1.29, 1.82) is 0 Å². The molecule has 0 aliphatic heterocycles. The zero-order valence-electron chi connectivity index (χ0n) is 7.90. The first-order valence-corrected chi connectivity index (χ1v) is 4.13. The van der Waals surface area contributed by atoms with Crippen molar-refractivity contribution < 1.29 is 4.79 Å². The van der Waals surface area contributed by atoms with Crippen LogP contribution >= 0.6 is 0 Å². The lowest BCUT2D eigenvalue weighted by Crippen LogP contribution is -2.38. The van der Waals surface area contributed by atoms with Gasteiger partial charge in [-0.2, -0.15) is 0 Å². The maximum Gasteiger partial charge on any atom is 0.233 e. The van der Waals surface area contributed by atoms with E-state index in [4.69, 9.17) is 11.3 Å². The second kappa shape index (κ2) is 6.28. The predicted molar refractivity (Wildman–Crippen MR) is 49.9 cm³/mol. The number of carbonyl (C=O) groups excluding carboxylic acids is 1. The minimum absolute atomic E-state index is 0.0137. The molecule has 0 aliphatic rings. The summed E-state index contributed by atoms with van der Waals surface area (Å²) in [5.74, 6) is -0.194. The van der Waals surface area contributed by atoms with Gasteiger partial charge in [0.2, 0.25) is 5.91 Å². The summed E-state index contributed by atoms with van der Waals surface area (Å²) < 4.78 is 0. The van der Waals surface area contributed by atoms with Crippen molar-refractivity contribution in [2.75, 3.05) is 6.54 Å². The number of nitrogens with one attached hydrogen (secondary N) is 1. The summed E-state index contributed by atoms with van der Waals surface area (Å²) in [4.78, 5) is 13.5. The average molecular weight is 185 g/mol. The third-order valence-electron chi connectivity index (χ3n) is 1.54. The zero-order valence-corrected chi connectivity index (χ0v) is 7.90. The van der Waals surface area contributed by atoms with E-state index in [0.29, 0.717) is 6.42 Å². The van der Waals surface area contributed by atoms with Gasteiger partial charge in [0.15, 0.2) is 0 Å². The van der Waals surface area contributed by atoms with Crippen LogP contribution < -0.4 is 11.1 Å². The lowest BCUT2D eigenvalue weighted by atomic mass is 10.1. The molecule has 0 aromatic heterocycles. The van der Waals surface area contributed by atoms with Gasteiger partial charge in [0.05, 0.1) is 6.54 Å². The fourth-order valence-electron chi connectivity index (χ4n) is 1.04. The van der Waals surface area contributed by atoms with Gasteiger partial charge in [-0.3, -0.25) is 4.79 Å². The van der Waals surface area contributed by atoms with Gasteiger partial charge in [-0.15, -0.1) is 0 Å². The van der Waals surface area contributed by atoms with Crippen molar-refractivity contribution in [2.45, 2.75) is 32.4 Å². The predicted octanol–water partition coefficient (Wildman–Crippen LogP) is 0.539. The summed E-state index contributed by atoms with van der Waals surface area (Å²) >= 11 is 0. The normalized spacial score (nSPS) is 14.1. The fraction of sp³-hybridized carbons (Fsp3) is 0.857. The molecule has 0 saturated carbocycles. The molecule has 0 aliphatic carbocycles. The molecule has 1 amide bonds. The third kappa shape index (κ3) is 5.95. The van der Waals surface area contributed by atoms with Crippen LogP contribution in [-0.4, -0.2) is 24.5 Å². The van der Waals surface area contributed by atoms with E-state index >= 15 is 0 Å². The number of azide groups is 1. The number of hydrogen-bond donors (Lipinski definition) is 2. The van der Waals surface area contributed by atoms with Crippen molar-refractivity contribution in [3.8, 4) is 0 Å². The van der Waals surface area contributed by atoms with E-state index in [-0.39, 0.29) is 24.5 Å². The second-order valence-corrected chi connectivity index (χ2v) is 2.96. The van der Waals surface area contributed by atoms with Crippen LogP contribution in [0.5, 0.6) is 0 Å². The number of hydrogen-bond acceptors (Lipinski definition) is 3. The Morgan fingerprint density at radius 1 is 1.69 bits per heavy atom. The molecule has 0 saturated heterocycles. The Hall–Kier alpha value is -1.26. The first kappa shape index (κ1) is 11.7. The topological polar surface area (TPSA) is 104 Å². The molecular weight excluding hydrogens is 170 g/mol. The molecule has 6 heteroatoms. The molecule has 2 unspecified atom stereocenters. The van der Waals surface area contributed by atoms with Crippen molar-refractivity contribution >= 4 is 5.91 Å². The number of nitrogens with two attached hydrogens (primary N) is 1. The van der Waals surface area contributed by atoms with Crippen molar-refractivity contribution in [3.63, 3.8) is 0 Å². The SMILES string of the molecule is CC(CC(C)NC(=O)CN)N=[N+]=[N-]. The molecular formula is C7H15N5O. The van der Waals surface area contributed by atoms with Crippen LogP contribution in [-0.2, 0) is 4.79 Å². The summed E-state index contributed by atoms with van der Waals surface area (Å²) in [5, 5.41) is 6.17. The molecule has 3 N–H and O–H groups in total. The first-order chi connectivity index (χ1) is 6.10. The van der Waals surface area contributed by atoms with E-state index in [0.717, 1.165) is 0 Å². The molecule has 6 nitrogen and oxygen atoms in total. The van der Waals surface area contributed by atoms with Crippen LogP contribution in [0, 0.1) is 0 Å². The van der Waals surface area contributed by atoms with Gasteiger partial charge in [-0.05, 0) is 18.9 Å². The van der Waals surface area contributed by atoms with Gasteiger partial charge in [-0.1, -0.05) is 12.0 Å². The Morgan fingerprint density at radius 3 is 2.77 bits per heavy atom. The highest BCUT2D eigenvalue weighted by molar-refractivity contribution is 5.77. The fourth-order valence-corrected chi connectivity index (χ4v) is 1.04. The van der Waals surface area contributed by atoms with Gasteiger partial charge >= 0.3 is 0 Å². The maximum atomic E-state index is 10.8. The molecule has 74 valence electrons. The monoisotopic (exact) mass is 185 g/mol. The first-order valence-electron chi connectivity index (χ1n) is 4.13. The number of rotatable bonds is 5. The molecule has 13 heavy (non-hydrogen) atoms. The number of amides is 1. The van der Waals surface area contributed by atoms with Crippen LogP contribution in [0.1, 0.15) is 20.3 Å². The van der Waals surface area contributed by atoms with E-state index in [1.807, 2.05) is 6.92 Å². The minimum Gasteiger partial charge on any atom is -0.353 e. The lowest BCUT2D eigenvalue weighted by molar-refractivity contribution is -0.120. The molecule has 0 heterocycles. The molecule has 0 fully saturated rings. The van der Waals surface area contributed by atoms with Gasteiger partial charge < -0.3 is 11.1 Å². The van der Waals surface area contributed by atoms with Crippen LogP contribution in [0.3, 0.4) is 0 Å². The Morgan fingerprint density at radius 2 is 2.31 bits per heavy atom. The van der Waals surface area contributed by atoms with Crippen molar-refractivity contribution in [1.82, 2.24) is 5.32 Å². The van der Waals surface area contributed by atoms with Crippen molar-refractivity contribution in [3.05, 3.63) is 10.4 Å². The van der Waals surface area contributed by atoms with E-state index in [2.05, 4.69) is 15.3 Å². The summed E-state index contributed by atoms with van der Waals surface area (Å²) in [6, 6.07) is -0.130. The lowest BCUT2D eigenvalue weighted by Gasteiger charge is -2.14. The molecule has 0 spiro atoms. The molecule has 0 aromatic carbocycles. The Bertz CT molecular complexity index is 211. The number of carbonyl (C=O) groups is 1. The Labute approximate surface area is 77.1 Å². The highest BCUT2D eigenvalue weighted by Crippen LogP contribution is 2.01. The highest BCUT2D eigenvalue weighted by Gasteiger charge is 2.08. The standard InChI is InChI=1S/C7H15N5O/c1-5(10-7(13)4-8)3-6(2)11-12-9/h5-6H,3-4,8H2,1-2H3,(H,10,13). The summed E-state index contributed by atoms with van der Waals surface area (Å²) in [6.07, 6.45) is 0.621. The van der Waals surface area contributed by atoms with Gasteiger partial charge in [0, 0.05) is 17.0 Å². The quantitative estimate of drug-likeness (QED) is 0.370. The molecule has 0 radical (unpaired) electrons. The largest absolute Gasteiger partial charge is 0.353 e. The van der Waals surface area contributed by atoms with Crippen LogP contribution in [0.4, 0.5) is 0 Å². The van der Waals surface area contributed by atoms with Crippen molar-refractivity contribution in [2.24, 2.45) is 10.8 Å². The van der Waals surface area contributed by atoms with E-state index in [1.165, 1.54) is 0 Å². The van der Waals surface area contributed by atoms with E-state index in [9.17, 15) is 4.79 Å². The smallest absolute Gasteiger partial charge is 0.233 e. The van der Waals surface area contributed by atoms with Crippen LogP contribution in [0.2, 0.25) is 0 Å².